The first-order chi connectivity index (χ1) is 11.6. The Morgan fingerprint density at radius 1 is 1.17 bits per heavy atom. The summed E-state index contributed by atoms with van der Waals surface area (Å²) < 4.78 is 33.5. The minimum Gasteiger partial charge on any atom is -0.493 e. The van der Waals surface area contributed by atoms with Crippen LogP contribution in [0.3, 0.4) is 0 Å². The zero-order chi connectivity index (χ0) is 17.1. The summed E-state index contributed by atoms with van der Waals surface area (Å²) in [6.07, 6.45) is 0. The molecule has 2 aromatic rings. The molecule has 0 saturated carbocycles. The van der Waals surface area contributed by atoms with Crippen LogP contribution in [0.5, 0.6) is 5.75 Å². The van der Waals surface area contributed by atoms with Gasteiger partial charge in [0.25, 0.3) is 0 Å². The van der Waals surface area contributed by atoms with E-state index in [2.05, 4.69) is 0 Å². The number of hydrogen-bond donors (Lipinski definition) is 0. The van der Waals surface area contributed by atoms with Crippen molar-refractivity contribution in [3.63, 3.8) is 0 Å². The zero-order valence-corrected chi connectivity index (χ0v) is 14.0. The number of amides is 1. The highest BCUT2D eigenvalue weighted by atomic mass is 32.2. The third kappa shape index (κ3) is 3.24. The Hall–Kier alpha value is -2.08. The van der Waals surface area contributed by atoms with Crippen molar-refractivity contribution in [2.24, 2.45) is 0 Å². The highest BCUT2D eigenvalue weighted by molar-refractivity contribution is 8.00. The second-order valence-corrected chi connectivity index (χ2v) is 6.42. The number of carbonyl (C=O) groups is 1. The molecule has 1 amide bonds. The second-order valence-electron chi connectivity index (χ2n) is 5.36. The van der Waals surface area contributed by atoms with Gasteiger partial charge in [0.05, 0.1) is 18.9 Å². The maximum atomic E-state index is 14.0. The molecule has 6 heteroatoms. The summed E-state index contributed by atoms with van der Waals surface area (Å²) in [5.74, 6) is -0.459. The Labute approximate surface area is 143 Å². The first-order valence-electron chi connectivity index (χ1n) is 7.67. The molecule has 0 N–H and O–H groups in total. The standard InChI is InChI=1S/C18H17F2NO2S/c1-2-23-16-9-4-3-6-12(16)18-21(17(22)11-24-18)10-13-14(19)7-5-8-15(13)20/h3-9,18H,2,10-11H2,1H3. The van der Waals surface area contributed by atoms with E-state index in [9.17, 15) is 13.6 Å². The van der Waals surface area contributed by atoms with Gasteiger partial charge in [0.15, 0.2) is 0 Å². The number of hydrogen-bond acceptors (Lipinski definition) is 3. The molecule has 1 unspecified atom stereocenters. The summed E-state index contributed by atoms with van der Waals surface area (Å²) in [4.78, 5) is 13.8. The predicted molar refractivity (Wildman–Crippen MR) is 89.7 cm³/mol. The van der Waals surface area contributed by atoms with Crippen LogP contribution < -0.4 is 4.74 Å². The molecule has 2 aromatic carbocycles. The summed E-state index contributed by atoms with van der Waals surface area (Å²) in [6, 6.07) is 11.2. The summed E-state index contributed by atoms with van der Waals surface area (Å²) in [6.45, 7) is 2.29. The number of ether oxygens (including phenoxy) is 1. The fourth-order valence-corrected chi connectivity index (χ4v) is 3.92. The van der Waals surface area contributed by atoms with Crippen molar-refractivity contribution in [1.82, 2.24) is 4.90 Å². The molecule has 3 rings (SSSR count). The maximum absolute atomic E-state index is 14.0. The number of carbonyl (C=O) groups excluding carboxylic acids is 1. The molecular formula is C18H17F2NO2S. The summed E-state index contributed by atoms with van der Waals surface area (Å²) >= 11 is 1.43. The Bertz CT molecular complexity index is 733. The Kier molecular flexibility index (Phi) is 5.04. The van der Waals surface area contributed by atoms with Gasteiger partial charge in [-0.05, 0) is 25.1 Å². The normalized spacial score (nSPS) is 17.4. The van der Waals surface area contributed by atoms with E-state index >= 15 is 0 Å². The van der Waals surface area contributed by atoms with Crippen LogP contribution >= 0.6 is 11.8 Å². The molecule has 1 heterocycles. The van der Waals surface area contributed by atoms with Crippen molar-refractivity contribution < 1.29 is 18.3 Å². The molecule has 1 aliphatic heterocycles. The van der Waals surface area contributed by atoms with Crippen LogP contribution in [0.4, 0.5) is 8.78 Å². The molecule has 3 nitrogen and oxygen atoms in total. The van der Waals surface area contributed by atoms with Gasteiger partial charge in [0.1, 0.15) is 22.8 Å². The van der Waals surface area contributed by atoms with E-state index in [1.807, 2.05) is 31.2 Å². The number of para-hydroxylation sites is 1. The van der Waals surface area contributed by atoms with E-state index in [-0.39, 0.29) is 29.1 Å². The van der Waals surface area contributed by atoms with Gasteiger partial charge in [0, 0.05) is 11.1 Å². The van der Waals surface area contributed by atoms with Gasteiger partial charge >= 0.3 is 0 Å². The van der Waals surface area contributed by atoms with Crippen molar-refractivity contribution >= 4 is 17.7 Å². The molecule has 1 saturated heterocycles. The zero-order valence-electron chi connectivity index (χ0n) is 13.2. The lowest BCUT2D eigenvalue weighted by Crippen LogP contribution is -2.28. The highest BCUT2D eigenvalue weighted by Gasteiger charge is 2.35. The number of halogens is 2. The lowest BCUT2D eigenvalue weighted by Gasteiger charge is -2.26. The highest BCUT2D eigenvalue weighted by Crippen LogP contribution is 2.43. The van der Waals surface area contributed by atoms with Gasteiger partial charge < -0.3 is 9.64 Å². The number of nitrogens with zero attached hydrogens (tertiary/aromatic N) is 1. The van der Waals surface area contributed by atoms with Gasteiger partial charge in [-0.25, -0.2) is 8.78 Å². The summed E-state index contributed by atoms with van der Waals surface area (Å²) in [7, 11) is 0. The van der Waals surface area contributed by atoms with E-state index in [0.717, 1.165) is 5.56 Å². The van der Waals surface area contributed by atoms with Crippen LogP contribution in [-0.2, 0) is 11.3 Å². The smallest absolute Gasteiger partial charge is 0.234 e. The van der Waals surface area contributed by atoms with Crippen molar-refractivity contribution in [3.05, 3.63) is 65.2 Å². The quantitative estimate of drug-likeness (QED) is 0.813. The largest absolute Gasteiger partial charge is 0.493 e. The van der Waals surface area contributed by atoms with Crippen LogP contribution in [0.2, 0.25) is 0 Å². The molecule has 1 atom stereocenters. The summed E-state index contributed by atoms with van der Waals surface area (Å²) in [5.41, 5.74) is 0.749. The van der Waals surface area contributed by atoms with E-state index in [1.54, 1.807) is 0 Å². The van der Waals surface area contributed by atoms with Crippen LogP contribution in [0.1, 0.15) is 23.4 Å². The molecule has 0 radical (unpaired) electrons. The van der Waals surface area contributed by atoms with Gasteiger partial charge in [-0.2, -0.15) is 0 Å². The van der Waals surface area contributed by atoms with E-state index in [4.69, 9.17) is 4.74 Å². The van der Waals surface area contributed by atoms with Crippen LogP contribution in [-0.4, -0.2) is 23.2 Å². The second kappa shape index (κ2) is 7.21. The SMILES string of the molecule is CCOc1ccccc1C1SCC(=O)N1Cc1c(F)cccc1F. The van der Waals surface area contributed by atoms with E-state index < -0.39 is 11.6 Å². The molecule has 126 valence electrons. The monoisotopic (exact) mass is 349 g/mol. The van der Waals surface area contributed by atoms with E-state index in [0.29, 0.717) is 12.4 Å². The molecule has 1 aliphatic rings. The molecular weight excluding hydrogens is 332 g/mol. The van der Waals surface area contributed by atoms with Crippen LogP contribution in [0.25, 0.3) is 0 Å². The number of rotatable bonds is 5. The molecule has 0 aliphatic carbocycles. The third-order valence-corrected chi connectivity index (χ3v) is 5.08. The van der Waals surface area contributed by atoms with Crippen LogP contribution in [0.15, 0.2) is 42.5 Å². The topological polar surface area (TPSA) is 29.5 Å². The van der Waals surface area contributed by atoms with Crippen molar-refractivity contribution in [1.29, 1.82) is 0 Å². The maximum Gasteiger partial charge on any atom is 0.234 e. The molecule has 0 spiro atoms. The molecule has 0 bridgehead atoms. The Morgan fingerprint density at radius 3 is 2.58 bits per heavy atom. The lowest BCUT2D eigenvalue weighted by molar-refractivity contribution is -0.128. The fourth-order valence-electron chi connectivity index (χ4n) is 2.71. The molecule has 24 heavy (non-hydrogen) atoms. The first-order valence-corrected chi connectivity index (χ1v) is 8.72. The molecule has 1 fully saturated rings. The Balaban J connectivity index is 1.93. The van der Waals surface area contributed by atoms with Crippen molar-refractivity contribution in [2.45, 2.75) is 18.8 Å². The van der Waals surface area contributed by atoms with Crippen molar-refractivity contribution in [2.75, 3.05) is 12.4 Å². The Morgan fingerprint density at radius 2 is 1.88 bits per heavy atom. The van der Waals surface area contributed by atoms with Gasteiger partial charge in [0.2, 0.25) is 5.91 Å². The average molecular weight is 349 g/mol. The number of benzene rings is 2. The minimum absolute atomic E-state index is 0.0905. The lowest BCUT2D eigenvalue weighted by atomic mass is 10.1. The molecule has 0 aromatic heterocycles. The van der Waals surface area contributed by atoms with Crippen molar-refractivity contribution in [3.8, 4) is 5.75 Å². The van der Waals surface area contributed by atoms with Crippen LogP contribution in [0, 0.1) is 11.6 Å². The average Bonchev–Trinajstić information content (AvgIpc) is 2.93. The van der Waals surface area contributed by atoms with Gasteiger partial charge in [-0.3, -0.25) is 4.79 Å². The van der Waals surface area contributed by atoms with Gasteiger partial charge in [-0.15, -0.1) is 11.8 Å². The fraction of sp³-hybridized carbons (Fsp3) is 0.278. The van der Waals surface area contributed by atoms with E-state index in [1.165, 1.54) is 34.9 Å². The van der Waals surface area contributed by atoms with Gasteiger partial charge in [-0.1, -0.05) is 24.3 Å². The summed E-state index contributed by atoms with van der Waals surface area (Å²) in [5, 5.41) is -0.320. The predicted octanol–water partition coefficient (Wildman–Crippen LogP) is 4.14. The first kappa shape index (κ1) is 16.8. The number of thioether (sulfide) groups is 1. The minimum atomic E-state index is -0.642. The third-order valence-electron chi connectivity index (χ3n) is 3.84.